The largest absolute Gasteiger partial charge is 0.332 e. The molecule has 0 amide bonds. The summed E-state index contributed by atoms with van der Waals surface area (Å²) >= 11 is 12.0. The highest BCUT2D eigenvalue weighted by atomic mass is 35.5. The second-order valence-electron chi connectivity index (χ2n) is 7.59. The molecule has 3 aromatic carbocycles. The maximum Gasteiger partial charge on any atom is 0.175 e. The van der Waals surface area contributed by atoms with Crippen LogP contribution in [0.5, 0.6) is 0 Å². The van der Waals surface area contributed by atoms with Crippen LogP contribution in [0.3, 0.4) is 0 Å². The maximum absolute atomic E-state index is 6.53. The third-order valence-electron chi connectivity index (χ3n) is 4.86. The zero-order chi connectivity index (χ0) is 21.8. The summed E-state index contributed by atoms with van der Waals surface area (Å²) in [5, 5.41) is 9.82. The van der Waals surface area contributed by atoms with E-state index in [1.807, 2.05) is 48.5 Å². The van der Waals surface area contributed by atoms with Crippen LogP contribution in [-0.4, -0.2) is 29.1 Å². The van der Waals surface area contributed by atoms with Gasteiger partial charge in [-0.1, -0.05) is 48.0 Å². The number of benzene rings is 3. The van der Waals surface area contributed by atoms with Crippen molar-refractivity contribution in [1.82, 2.24) is 9.88 Å². The van der Waals surface area contributed by atoms with E-state index in [2.05, 4.69) is 58.9 Å². The number of halogens is 1. The second-order valence-corrected chi connectivity index (χ2v) is 8.40. The Morgan fingerprint density at radius 1 is 0.935 bits per heavy atom. The van der Waals surface area contributed by atoms with Gasteiger partial charge in [0.05, 0.1) is 10.7 Å². The lowest BCUT2D eigenvalue weighted by Crippen LogP contribution is -2.19. The Balaban J connectivity index is 1.53. The van der Waals surface area contributed by atoms with Crippen LogP contribution in [0.1, 0.15) is 5.56 Å². The third-order valence-corrected chi connectivity index (χ3v) is 5.40. The molecule has 0 saturated carbocycles. The predicted molar refractivity (Wildman–Crippen MR) is 136 cm³/mol. The molecular formula is C25H23ClN4S. The summed E-state index contributed by atoms with van der Waals surface area (Å²) in [6.45, 7) is 0.902. The van der Waals surface area contributed by atoms with Gasteiger partial charge in [-0.2, -0.15) is 0 Å². The van der Waals surface area contributed by atoms with Crippen molar-refractivity contribution in [3.05, 3.63) is 89.6 Å². The molecule has 0 unspecified atom stereocenters. The normalized spacial score (nSPS) is 11.0. The van der Waals surface area contributed by atoms with E-state index in [0.29, 0.717) is 10.1 Å². The molecule has 4 nitrogen and oxygen atoms in total. The van der Waals surface area contributed by atoms with Crippen LogP contribution in [0.4, 0.5) is 11.4 Å². The van der Waals surface area contributed by atoms with Crippen molar-refractivity contribution >= 4 is 51.1 Å². The number of rotatable bonds is 5. The van der Waals surface area contributed by atoms with Crippen LogP contribution in [0.25, 0.3) is 22.0 Å². The van der Waals surface area contributed by atoms with E-state index in [9.17, 15) is 0 Å². The van der Waals surface area contributed by atoms with Gasteiger partial charge in [0.25, 0.3) is 0 Å². The summed E-state index contributed by atoms with van der Waals surface area (Å²) in [4.78, 5) is 6.73. The van der Waals surface area contributed by atoms with Crippen LogP contribution < -0.4 is 10.6 Å². The Bertz CT molecular complexity index is 1220. The second kappa shape index (κ2) is 9.43. The van der Waals surface area contributed by atoms with Crippen LogP contribution in [-0.2, 0) is 6.54 Å². The van der Waals surface area contributed by atoms with Gasteiger partial charge in [-0.25, -0.2) is 0 Å². The molecule has 0 aliphatic heterocycles. The highest BCUT2D eigenvalue weighted by Gasteiger charge is 2.11. The molecule has 0 atom stereocenters. The van der Waals surface area contributed by atoms with Gasteiger partial charge >= 0.3 is 0 Å². The first kappa shape index (κ1) is 21.2. The fourth-order valence-corrected chi connectivity index (χ4v) is 3.91. The third kappa shape index (κ3) is 5.20. The SMILES string of the molecule is CN(C)Cc1ccc(NC(=S)Nc2ccc(Cl)c(-c3nccc4ccccc34)c2)cc1. The van der Waals surface area contributed by atoms with Gasteiger partial charge in [-0.3, -0.25) is 4.98 Å². The van der Waals surface area contributed by atoms with Crippen molar-refractivity contribution in [1.29, 1.82) is 0 Å². The van der Waals surface area contributed by atoms with Gasteiger partial charge in [0.1, 0.15) is 0 Å². The molecule has 0 spiro atoms. The van der Waals surface area contributed by atoms with Gasteiger partial charge < -0.3 is 15.5 Å². The summed E-state index contributed by atoms with van der Waals surface area (Å²) in [5.74, 6) is 0. The molecule has 2 N–H and O–H groups in total. The molecule has 156 valence electrons. The fraction of sp³-hybridized carbons (Fsp3) is 0.120. The minimum absolute atomic E-state index is 0.513. The first-order chi connectivity index (χ1) is 15.0. The molecule has 0 aliphatic carbocycles. The number of aromatic nitrogens is 1. The van der Waals surface area contributed by atoms with Crippen molar-refractivity contribution in [2.75, 3.05) is 24.7 Å². The highest BCUT2D eigenvalue weighted by Crippen LogP contribution is 2.33. The Hall–Kier alpha value is -2.99. The van der Waals surface area contributed by atoms with Gasteiger partial charge in [0.15, 0.2) is 5.11 Å². The molecule has 1 aromatic heterocycles. The molecule has 0 fully saturated rings. The summed E-state index contributed by atoms with van der Waals surface area (Å²) in [6, 6.07) is 24.1. The van der Waals surface area contributed by atoms with Crippen molar-refractivity contribution < 1.29 is 0 Å². The number of anilines is 2. The molecule has 4 rings (SSSR count). The number of nitrogens with one attached hydrogen (secondary N) is 2. The van der Waals surface area contributed by atoms with E-state index in [0.717, 1.165) is 39.9 Å². The molecular weight excluding hydrogens is 424 g/mol. The molecule has 0 bridgehead atoms. The maximum atomic E-state index is 6.53. The quantitative estimate of drug-likeness (QED) is 0.346. The number of hydrogen-bond donors (Lipinski definition) is 2. The van der Waals surface area contributed by atoms with Crippen LogP contribution in [0, 0.1) is 0 Å². The number of hydrogen-bond acceptors (Lipinski definition) is 3. The summed E-state index contributed by atoms with van der Waals surface area (Å²) in [6.07, 6.45) is 1.81. The van der Waals surface area contributed by atoms with E-state index in [-0.39, 0.29) is 0 Å². The van der Waals surface area contributed by atoms with Gasteiger partial charge in [-0.15, -0.1) is 0 Å². The summed E-state index contributed by atoms with van der Waals surface area (Å²) < 4.78 is 0. The number of nitrogens with zero attached hydrogens (tertiary/aromatic N) is 2. The summed E-state index contributed by atoms with van der Waals surface area (Å²) in [5.41, 5.74) is 4.74. The monoisotopic (exact) mass is 446 g/mol. The van der Waals surface area contributed by atoms with Crippen molar-refractivity contribution in [3.63, 3.8) is 0 Å². The lowest BCUT2D eigenvalue weighted by molar-refractivity contribution is 0.402. The molecule has 0 aliphatic rings. The first-order valence-corrected chi connectivity index (χ1v) is 10.7. The van der Waals surface area contributed by atoms with E-state index in [4.69, 9.17) is 23.8 Å². The highest BCUT2D eigenvalue weighted by molar-refractivity contribution is 7.80. The fourth-order valence-electron chi connectivity index (χ4n) is 3.47. The van der Waals surface area contributed by atoms with Gasteiger partial charge in [-0.05, 0) is 73.7 Å². The Morgan fingerprint density at radius 3 is 2.42 bits per heavy atom. The van der Waals surface area contributed by atoms with E-state index in [1.165, 1.54) is 5.56 Å². The predicted octanol–water partition coefficient (Wildman–Crippen LogP) is 6.43. The van der Waals surface area contributed by atoms with Gasteiger partial charge in [0, 0.05) is 35.1 Å². The van der Waals surface area contributed by atoms with Crippen LogP contribution in [0.2, 0.25) is 5.02 Å². The zero-order valence-corrected chi connectivity index (χ0v) is 19.0. The van der Waals surface area contributed by atoms with E-state index < -0.39 is 0 Å². The van der Waals surface area contributed by atoms with Crippen molar-refractivity contribution in [3.8, 4) is 11.3 Å². The summed E-state index contributed by atoms with van der Waals surface area (Å²) in [7, 11) is 4.11. The lowest BCUT2D eigenvalue weighted by Gasteiger charge is -2.14. The lowest BCUT2D eigenvalue weighted by atomic mass is 10.0. The number of fused-ring (bicyclic) bond motifs is 1. The topological polar surface area (TPSA) is 40.2 Å². The number of thiocarbonyl (C=S) groups is 1. The minimum atomic E-state index is 0.513. The zero-order valence-electron chi connectivity index (χ0n) is 17.4. The Morgan fingerprint density at radius 2 is 1.65 bits per heavy atom. The Labute approximate surface area is 192 Å². The van der Waals surface area contributed by atoms with Crippen LogP contribution in [0.15, 0.2) is 79.0 Å². The molecule has 31 heavy (non-hydrogen) atoms. The Kier molecular flexibility index (Phi) is 6.47. The average Bonchev–Trinajstić information content (AvgIpc) is 2.76. The smallest absolute Gasteiger partial charge is 0.175 e. The van der Waals surface area contributed by atoms with Crippen molar-refractivity contribution in [2.45, 2.75) is 6.54 Å². The molecule has 0 saturated heterocycles. The standard InChI is InChI=1S/C25H23ClN4S/c1-30(2)16-17-7-9-19(10-8-17)28-25(31)29-20-11-12-23(26)22(15-20)24-21-6-4-3-5-18(21)13-14-27-24/h3-15H,16H2,1-2H3,(H2,28,29,31). The van der Waals surface area contributed by atoms with Crippen LogP contribution >= 0.6 is 23.8 Å². The molecule has 1 heterocycles. The molecule has 0 radical (unpaired) electrons. The van der Waals surface area contributed by atoms with Gasteiger partial charge in [0.2, 0.25) is 0 Å². The average molecular weight is 447 g/mol. The van der Waals surface area contributed by atoms with E-state index >= 15 is 0 Å². The minimum Gasteiger partial charge on any atom is -0.332 e. The number of pyridine rings is 1. The molecule has 4 aromatic rings. The first-order valence-electron chi connectivity index (χ1n) is 9.95. The van der Waals surface area contributed by atoms with E-state index in [1.54, 1.807) is 6.20 Å². The molecule has 6 heteroatoms. The van der Waals surface area contributed by atoms with Crippen molar-refractivity contribution in [2.24, 2.45) is 0 Å².